The third kappa shape index (κ3) is 3.57. The van der Waals surface area contributed by atoms with Gasteiger partial charge in [-0.15, -0.1) is 0 Å². The van der Waals surface area contributed by atoms with Gasteiger partial charge in [0.05, 0.1) is 31.9 Å². The van der Waals surface area contributed by atoms with Crippen LogP contribution in [-0.4, -0.2) is 60.8 Å². The number of carbonyl (C=O) groups excluding carboxylic acids is 2. The van der Waals surface area contributed by atoms with Gasteiger partial charge in [0.15, 0.2) is 6.29 Å². The Balaban J connectivity index is 1.29. The van der Waals surface area contributed by atoms with Crippen LogP contribution in [-0.2, 0) is 25.6 Å². The van der Waals surface area contributed by atoms with E-state index < -0.39 is 0 Å². The average Bonchev–Trinajstić information content (AvgIpc) is 3.38. The highest BCUT2D eigenvalue weighted by Crippen LogP contribution is 2.28. The molecule has 25 heavy (non-hydrogen) atoms. The second-order valence-corrected chi connectivity index (χ2v) is 7.03. The maximum absolute atomic E-state index is 12.8. The molecule has 1 aromatic rings. The molecule has 7 nitrogen and oxygen atoms in total. The number of carbonyl (C=O) groups is 2. The smallest absolute Gasteiger partial charge is 0.227 e. The van der Waals surface area contributed by atoms with E-state index in [9.17, 15) is 9.59 Å². The first-order valence-electron chi connectivity index (χ1n) is 9.03. The number of amides is 2. The highest BCUT2D eigenvalue weighted by atomic mass is 16.7. The van der Waals surface area contributed by atoms with E-state index in [2.05, 4.69) is 0 Å². The maximum Gasteiger partial charge on any atom is 0.227 e. The monoisotopic (exact) mass is 348 g/mol. The minimum absolute atomic E-state index is 0.0254. The average molecular weight is 348 g/mol. The first-order valence-corrected chi connectivity index (χ1v) is 9.03. The molecule has 136 valence electrons. The van der Waals surface area contributed by atoms with Gasteiger partial charge in [0.25, 0.3) is 0 Å². The second kappa shape index (κ2) is 7.17. The number of piperidine rings is 1. The predicted octanol–water partition coefficient (Wildman–Crippen LogP) is 1.24. The molecule has 0 radical (unpaired) electrons. The zero-order valence-electron chi connectivity index (χ0n) is 14.3. The van der Waals surface area contributed by atoms with Crippen molar-refractivity contribution in [2.75, 3.05) is 32.8 Å². The third-order valence-corrected chi connectivity index (χ3v) is 5.37. The van der Waals surface area contributed by atoms with Crippen LogP contribution < -0.4 is 0 Å². The minimum Gasteiger partial charge on any atom is -0.467 e. The van der Waals surface area contributed by atoms with E-state index >= 15 is 0 Å². The molecule has 7 heteroatoms. The second-order valence-electron chi connectivity index (χ2n) is 7.03. The van der Waals surface area contributed by atoms with Crippen molar-refractivity contribution in [1.29, 1.82) is 0 Å². The van der Waals surface area contributed by atoms with Crippen LogP contribution in [0.25, 0.3) is 0 Å². The third-order valence-electron chi connectivity index (χ3n) is 5.37. The molecule has 3 aliphatic rings. The Bertz CT molecular complexity index is 603. The number of hydrogen-bond acceptors (Lipinski definition) is 5. The highest BCUT2D eigenvalue weighted by molar-refractivity contribution is 5.89. The Morgan fingerprint density at radius 2 is 1.96 bits per heavy atom. The van der Waals surface area contributed by atoms with Gasteiger partial charge in [-0.3, -0.25) is 9.59 Å². The van der Waals surface area contributed by atoms with Crippen LogP contribution in [0.1, 0.15) is 25.0 Å². The van der Waals surface area contributed by atoms with Gasteiger partial charge in [0.2, 0.25) is 11.8 Å². The molecule has 3 aliphatic heterocycles. The van der Waals surface area contributed by atoms with E-state index in [-0.39, 0.29) is 24.0 Å². The fraction of sp³-hybridized carbons (Fsp3) is 0.667. The summed E-state index contributed by atoms with van der Waals surface area (Å²) >= 11 is 0. The van der Waals surface area contributed by atoms with Gasteiger partial charge in [-0.05, 0) is 25.0 Å². The van der Waals surface area contributed by atoms with Crippen molar-refractivity contribution in [3.63, 3.8) is 0 Å². The molecule has 1 aromatic heterocycles. The van der Waals surface area contributed by atoms with Crippen molar-refractivity contribution in [1.82, 2.24) is 9.80 Å². The molecule has 0 spiro atoms. The molecule has 4 heterocycles. The maximum atomic E-state index is 12.8. The fourth-order valence-corrected chi connectivity index (χ4v) is 3.98. The number of ether oxygens (including phenoxy) is 2. The van der Waals surface area contributed by atoms with Gasteiger partial charge < -0.3 is 23.7 Å². The summed E-state index contributed by atoms with van der Waals surface area (Å²) in [6.45, 7) is 3.69. The molecule has 0 N–H and O–H groups in total. The number of likely N-dealkylation sites (tertiary alicyclic amines) is 2. The lowest BCUT2D eigenvalue weighted by atomic mass is 9.95. The van der Waals surface area contributed by atoms with Crippen molar-refractivity contribution < 1.29 is 23.5 Å². The molecule has 1 atom stereocenters. The van der Waals surface area contributed by atoms with E-state index in [0.29, 0.717) is 38.6 Å². The van der Waals surface area contributed by atoms with E-state index in [4.69, 9.17) is 13.9 Å². The normalized spacial score (nSPS) is 25.9. The molecule has 4 rings (SSSR count). The molecule has 0 aliphatic carbocycles. The topological polar surface area (TPSA) is 72.2 Å². The minimum atomic E-state index is -0.238. The lowest BCUT2D eigenvalue weighted by Gasteiger charge is -2.35. The molecule has 0 aromatic carbocycles. The zero-order chi connectivity index (χ0) is 17.2. The summed E-state index contributed by atoms with van der Waals surface area (Å²) in [6, 6.07) is 3.65. The number of rotatable bonds is 4. The molecule has 0 saturated carbocycles. The SMILES string of the molecule is O=C1CC(C(=O)N2CCC(C3OCCO3)CC2)CN1Cc1ccco1. The summed E-state index contributed by atoms with van der Waals surface area (Å²) in [6.07, 6.45) is 3.59. The lowest BCUT2D eigenvalue weighted by Crippen LogP contribution is -2.44. The lowest BCUT2D eigenvalue weighted by molar-refractivity contribution is -0.140. The quantitative estimate of drug-likeness (QED) is 0.819. The van der Waals surface area contributed by atoms with Gasteiger partial charge in [0.1, 0.15) is 5.76 Å². The van der Waals surface area contributed by atoms with Crippen molar-refractivity contribution in [3.05, 3.63) is 24.2 Å². The van der Waals surface area contributed by atoms with Crippen molar-refractivity contribution in [3.8, 4) is 0 Å². The van der Waals surface area contributed by atoms with E-state index in [1.165, 1.54) is 0 Å². The van der Waals surface area contributed by atoms with Crippen LogP contribution in [0.15, 0.2) is 22.8 Å². The molecule has 2 amide bonds. The zero-order valence-corrected chi connectivity index (χ0v) is 14.3. The van der Waals surface area contributed by atoms with Crippen LogP contribution in [0.5, 0.6) is 0 Å². The van der Waals surface area contributed by atoms with Crippen LogP contribution in [0.2, 0.25) is 0 Å². The molecule has 3 saturated heterocycles. The Morgan fingerprint density at radius 1 is 1.20 bits per heavy atom. The first-order chi connectivity index (χ1) is 12.2. The van der Waals surface area contributed by atoms with Crippen molar-refractivity contribution in [2.24, 2.45) is 11.8 Å². The number of nitrogens with zero attached hydrogens (tertiary/aromatic N) is 2. The molecule has 3 fully saturated rings. The summed E-state index contributed by atoms with van der Waals surface area (Å²) in [5, 5.41) is 0. The molecule has 0 bridgehead atoms. The van der Waals surface area contributed by atoms with E-state index in [0.717, 1.165) is 31.7 Å². The summed E-state index contributed by atoms with van der Waals surface area (Å²) in [5.41, 5.74) is 0. The Morgan fingerprint density at radius 3 is 2.64 bits per heavy atom. The Labute approximate surface area is 146 Å². The standard InChI is InChI=1S/C18H24N2O5/c21-16-10-14(11-20(16)12-15-2-1-7-23-15)17(22)19-5-3-13(4-6-19)18-24-8-9-25-18/h1-2,7,13-14,18H,3-6,8-12H2. The Kier molecular flexibility index (Phi) is 4.76. The van der Waals surface area contributed by atoms with Crippen LogP contribution in [0.3, 0.4) is 0 Å². The molecule has 1 unspecified atom stereocenters. The van der Waals surface area contributed by atoms with Crippen molar-refractivity contribution in [2.45, 2.75) is 32.1 Å². The molecular formula is C18H24N2O5. The number of furan rings is 1. The van der Waals surface area contributed by atoms with E-state index in [1.807, 2.05) is 11.0 Å². The van der Waals surface area contributed by atoms with Gasteiger partial charge in [-0.25, -0.2) is 0 Å². The first kappa shape index (κ1) is 16.6. The predicted molar refractivity (Wildman–Crippen MR) is 87.2 cm³/mol. The molecular weight excluding hydrogens is 324 g/mol. The van der Waals surface area contributed by atoms with E-state index in [1.54, 1.807) is 17.2 Å². The highest BCUT2D eigenvalue weighted by Gasteiger charge is 2.39. The summed E-state index contributed by atoms with van der Waals surface area (Å²) in [7, 11) is 0. The number of hydrogen-bond donors (Lipinski definition) is 0. The summed E-state index contributed by atoms with van der Waals surface area (Å²) in [5.74, 6) is 1.00. The van der Waals surface area contributed by atoms with Crippen molar-refractivity contribution >= 4 is 11.8 Å². The van der Waals surface area contributed by atoms with Gasteiger partial charge in [0, 0.05) is 32.0 Å². The van der Waals surface area contributed by atoms with Gasteiger partial charge >= 0.3 is 0 Å². The largest absolute Gasteiger partial charge is 0.467 e. The van der Waals surface area contributed by atoms with Crippen LogP contribution in [0, 0.1) is 11.8 Å². The van der Waals surface area contributed by atoms with Gasteiger partial charge in [-0.1, -0.05) is 0 Å². The van der Waals surface area contributed by atoms with Gasteiger partial charge in [-0.2, -0.15) is 0 Å². The Hall–Kier alpha value is -1.86. The van der Waals surface area contributed by atoms with Crippen LogP contribution >= 0.6 is 0 Å². The van der Waals surface area contributed by atoms with Crippen LogP contribution in [0.4, 0.5) is 0 Å². The summed E-state index contributed by atoms with van der Waals surface area (Å²) in [4.78, 5) is 28.6. The summed E-state index contributed by atoms with van der Waals surface area (Å²) < 4.78 is 16.5. The fourth-order valence-electron chi connectivity index (χ4n) is 3.98.